The molecule has 2 N–H and O–H groups in total. The highest BCUT2D eigenvalue weighted by Gasteiger charge is 2.59. The number of rotatable bonds is 6. The fourth-order valence-electron chi connectivity index (χ4n) is 4.81. The summed E-state index contributed by atoms with van der Waals surface area (Å²) in [6.45, 7) is 4.27. The van der Waals surface area contributed by atoms with Crippen molar-refractivity contribution in [2.75, 3.05) is 6.61 Å². The standard InChI is InChI=1S/C18H30N2O3/c1-3-23-15-11-14(18(15)9-6-10-18)20-17(22)16(19-12(2)21)13-7-4-5-8-13/h13-16H,3-11H2,1-2H3,(H,19,21)(H,20,22). The van der Waals surface area contributed by atoms with Crippen LogP contribution in [0.25, 0.3) is 0 Å². The van der Waals surface area contributed by atoms with Crippen LogP contribution in [0.1, 0.15) is 65.2 Å². The summed E-state index contributed by atoms with van der Waals surface area (Å²) in [4.78, 5) is 24.3. The van der Waals surface area contributed by atoms with E-state index in [1.165, 1.54) is 13.3 Å². The molecule has 0 radical (unpaired) electrons. The molecule has 0 aliphatic heterocycles. The van der Waals surface area contributed by atoms with E-state index < -0.39 is 0 Å². The minimum absolute atomic E-state index is 0.0123. The molecule has 0 heterocycles. The van der Waals surface area contributed by atoms with Crippen LogP contribution in [0.15, 0.2) is 0 Å². The summed E-state index contributed by atoms with van der Waals surface area (Å²) < 4.78 is 5.85. The van der Waals surface area contributed by atoms with E-state index in [4.69, 9.17) is 4.74 Å². The van der Waals surface area contributed by atoms with Gasteiger partial charge in [0.05, 0.1) is 6.10 Å². The minimum atomic E-state index is -0.363. The lowest BCUT2D eigenvalue weighted by Gasteiger charge is -2.61. The highest BCUT2D eigenvalue weighted by Crippen LogP contribution is 2.57. The van der Waals surface area contributed by atoms with Gasteiger partial charge in [0.1, 0.15) is 6.04 Å². The second kappa shape index (κ2) is 6.80. The quantitative estimate of drug-likeness (QED) is 0.787. The molecule has 130 valence electrons. The van der Waals surface area contributed by atoms with E-state index in [9.17, 15) is 9.59 Å². The van der Waals surface area contributed by atoms with Gasteiger partial charge in [-0.2, -0.15) is 0 Å². The van der Waals surface area contributed by atoms with Crippen LogP contribution < -0.4 is 10.6 Å². The Bertz CT molecular complexity index is 455. The predicted molar refractivity (Wildman–Crippen MR) is 87.8 cm³/mol. The van der Waals surface area contributed by atoms with Gasteiger partial charge in [-0.3, -0.25) is 9.59 Å². The van der Waals surface area contributed by atoms with Gasteiger partial charge in [0, 0.05) is 25.0 Å². The Hall–Kier alpha value is -1.10. The van der Waals surface area contributed by atoms with Gasteiger partial charge in [-0.1, -0.05) is 19.3 Å². The van der Waals surface area contributed by atoms with Crippen molar-refractivity contribution in [3.05, 3.63) is 0 Å². The number of nitrogens with one attached hydrogen (secondary N) is 2. The Morgan fingerprint density at radius 1 is 1.22 bits per heavy atom. The van der Waals surface area contributed by atoms with E-state index in [-0.39, 0.29) is 29.3 Å². The van der Waals surface area contributed by atoms with Gasteiger partial charge >= 0.3 is 0 Å². The molecule has 3 saturated carbocycles. The predicted octanol–water partition coefficient (Wildman–Crippen LogP) is 2.15. The summed E-state index contributed by atoms with van der Waals surface area (Å²) in [5.74, 6) is 0.188. The minimum Gasteiger partial charge on any atom is -0.378 e. The molecule has 3 unspecified atom stereocenters. The summed E-state index contributed by atoms with van der Waals surface area (Å²) in [5, 5.41) is 6.14. The fourth-order valence-corrected chi connectivity index (χ4v) is 4.81. The molecule has 0 aromatic carbocycles. The Labute approximate surface area is 138 Å². The Morgan fingerprint density at radius 2 is 1.91 bits per heavy atom. The van der Waals surface area contributed by atoms with E-state index >= 15 is 0 Å². The second-order valence-corrected chi connectivity index (χ2v) is 7.55. The molecule has 3 atom stereocenters. The number of ether oxygens (including phenoxy) is 1. The number of hydrogen-bond donors (Lipinski definition) is 2. The zero-order valence-corrected chi connectivity index (χ0v) is 14.4. The molecule has 5 heteroatoms. The largest absolute Gasteiger partial charge is 0.378 e. The molecule has 3 rings (SSSR count). The SMILES string of the molecule is CCOC1CC(NC(=O)C(NC(C)=O)C2CCCC2)C12CCC2. The van der Waals surface area contributed by atoms with Crippen molar-refractivity contribution >= 4 is 11.8 Å². The molecule has 1 spiro atoms. The lowest BCUT2D eigenvalue weighted by atomic mass is 9.51. The van der Waals surface area contributed by atoms with E-state index in [1.807, 2.05) is 6.92 Å². The summed E-state index contributed by atoms with van der Waals surface area (Å²) in [5.41, 5.74) is 0.169. The maximum Gasteiger partial charge on any atom is 0.243 e. The summed E-state index contributed by atoms with van der Waals surface area (Å²) in [6.07, 6.45) is 9.14. The average Bonchev–Trinajstić information content (AvgIpc) is 2.95. The molecule has 0 saturated heterocycles. The monoisotopic (exact) mass is 322 g/mol. The van der Waals surface area contributed by atoms with Gasteiger partial charge in [0.25, 0.3) is 0 Å². The van der Waals surface area contributed by atoms with E-state index in [1.54, 1.807) is 0 Å². The molecular formula is C18H30N2O3. The molecule has 3 aliphatic rings. The first-order chi connectivity index (χ1) is 11.1. The Balaban J connectivity index is 1.61. The fraction of sp³-hybridized carbons (Fsp3) is 0.889. The highest BCUT2D eigenvalue weighted by molar-refractivity contribution is 5.87. The van der Waals surface area contributed by atoms with Gasteiger partial charge in [-0.15, -0.1) is 0 Å². The lowest BCUT2D eigenvalue weighted by molar-refractivity contribution is -0.176. The van der Waals surface area contributed by atoms with Crippen molar-refractivity contribution < 1.29 is 14.3 Å². The number of carbonyl (C=O) groups excluding carboxylic acids is 2. The van der Waals surface area contributed by atoms with Crippen molar-refractivity contribution in [1.82, 2.24) is 10.6 Å². The molecule has 23 heavy (non-hydrogen) atoms. The third-order valence-electron chi connectivity index (χ3n) is 6.27. The normalized spacial score (nSPS) is 30.3. The molecule has 3 aliphatic carbocycles. The molecule has 0 aromatic heterocycles. The summed E-state index contributed by atoms with van der Waals surface area (Å²) in [7, 11) is 0. The summed E-state index contributed by atoms with van der Waals surface area (Å²) >= 11 is 0. The van der Waals surface area contributed by atoms with Gasteiger partial charge < -0.3 is 15.4 Å². The van der Waals surface area contributed by atoms with Crippen LogP contribution in [-0.4, -0.2) is 36.6 Å². The first-order valence-electron chi connectivity index (χ1n) is 9.26. The van der Waals surface area contributed by atoms with Crippen LogP contribution >= 0.6 is 0 Å². The Kier molecular flexibility index (Phi) is 4.95. The number of carbonyl (C=O) groups is 2. The van der Waals surface area contributed by atoms with Crippen molar-refractivity contribution in [2.45, 2.75) is 83.4 Å². The lowest BCUT2D eigenvalue weighted by Crippen LogP contribution is -2.69. The van der Waals surface area contributed by atoms with Crippen LogP contribution in [0, 0.1) is 11.3 Å². The average molecular weight is 322 g/mol. The Morgan fingerprint density at radius 3 is 2.43 bits per heavy atom. The second-order valence-electron chi connectivity index (χ2n) is 7.55. The maximum atomic E-state index is 12.8. The first-order valence-corrected chi connectivity index (χ1v) is 9.26. The highest BCUT2D eigenvalue weighted by atomic mass is 16.5. The molecule has 0 bridgehead atoms. The molecule has 3 fully saturated rings. The van der Waals surface area contributed by atoms with Crippen molar-refractivity contribution in [3.63, 3.8) is 0 Å². The zero-order chi connectivity index (χ0) is 16.4. The van der Waals surface area contributed by atoms with Gasteiger partial charge in [0.15, 0.2) is 0 Å². The van der Waals surface area contributed by atoms with Crippen molar-refractivity contribution in [1.29, 1.82) is 0 Å². The van der Waals surface area contributed by atoms with E-state index in [2.05, 4.69) is 10.6 Å². The van der Waals surface area contributed by atoms with Crippen LogP contribution in [0.4, 0.5) is 0 Å². The van der Waals surface area contributed by atoms with Crippen molar-refractivity contribution in [3.8, 4) is 0 Å². The molecule has 5 nitrogen and oxygen atoms in total. The van der Waals surface area contributed by atoms with Crippen LogP contribution in [0.5, 0.6) is 0 Å². The summed E-state index contributed by atoms with van der Waals surface area (Å²) in [6, 6.07) is -0.142. The van der Waals surface area contributed by atoms with E-state index in [0.29, 0.717) is 12.0 Å². The van der Waals surface area contributed by atoms with E-state index in [0.717, 1.165) is 51.6 Å². The molecular weight excluding hydrogens is 292 g/mol. The maximum absolute atomic E-state index is 12.8. The number of amides is 2. The zero-order valence-electron chi connectivity index (χ0n) is 14.4. The third-order valence-corrected chi connectivity index (χ3v) is 6.27. The first kappa shape index (κ1) is 16.7. The van der Waals surface area contributed by atoms with Crippen LogP contribution in [0.3, 0.4) is 0 Å². The number of hydrogen-bond acceptors (Lipinski definition) is 3. The third kappa shape index (κ3) is 3.12. The smallest absolute Gasteiger partial charge is 0.243 e. The molecule has 2 amide bonds. The van der Waals surface area contributed by atoms with Crippen LogP contribution in [0.2, 0.25) is 0 Å². The van der Waals surface area contributed by atoms with Gasteiger partial charge in [0.2, 0.25) is 11.8 Å². The van der Waals surface area contributed by atoms with Gasteiger partial charge in [-0.05, 0) is 44.9 Å². The molecule has 0 aromatic rings. The van der Waals surface area contributed by atoms with Crippen molar-refractivity contribution in [2.24, 2.45) is 11.3 Å². The van der Waals surface area contributed by atoms with Crippen LogP contribution in [-0.2, 0) is 14.3 Å². The van der Waals surface area contributed by atoms with Gasteiger partial charge in [-0.25, -0.2) is 0 Å². The topological polar surface area (TPSA) is 67.4 Å².